The van der Waals surface area contributed by atoms with Crippen LogP contribution >= 0.6 is 0 Å². The zero-order valence-corrected chi connectivity index (χ0v) is 6.67. The molecule has 2 nitrogen and oxygen atoms in total. The van der Waals surface area contributed by atoms with E-state index in [1.54, 1.807) is 18.2 Å². The van der Waals surface area contributed by atoms with Crippen LogP contribution in [0.1, 0.15) is 6.92 Å². The van der Waals surface area contributed by atoms with Crippen molar-refractivity contribution in [1.29, 1.82) is 0 Å². The lowest BCUT2D eigenvalue weighted by Crippen LogP contribution is -1.97. The van der Waals surface area contributed by atoms with Crippen molar-refractivity contribution < 1.29 is 9.53 Å². The van der Waals surface area contributed by atoms with Crippen molar-refractivity contribution in [2.24, 2.45) is 0 Å². The number of esters is 1. The van der Waals surface area contributed by atoms with Crippen LogP contribution in [0.3, 0.4) is 0 Å². The largest absolute Gasteiger partial charge is 0.462 e. The van der Waals surface area contributed by atoms with E-state index in [1.807, 2.05) is 0 Å². The minimum atomic E-state index is -0.279. The molecule has 0 amide bonds. The number of carbonyl (C=O) groups is 1. The number of carbonyl (C=O) groups excluding carboxylic acids is 1. The molecule has 0 radical (unpaired) electrons. The van der Waals surface area contributed by atoms with Gasteiger partial charge in [-0.2, -0.15) is 0 Å². The second kappa shape index (κ2) is 5.47. The monoisotopic (exact) mass is 152 g/mol. The summed E-state index contributed by atoms with van der Waals surface area (Å²) in [4.78, 5) is 10.3. The van der Waals surface area contributed by atoms with Gasteiger partial charge in [0.2, 0.25) is 0 Å². The van der Waals surface area contributed by atoms with E-state index in [2.05, 4.69) is 17.9 Å². The summed E-state index contributed by atoms with van der Waals surface area (Å²) in [6.07, 6.45) is 5.09. The maximum absolute atomic E-state index is 10.3. The Labute approximate surface area is 66.9 Å². The van der Waals surface area contributed by atoms with Crippen molar-refractivity contribution in [2.75, 3.05) is 6.61 Å². The summed E-state index contributed by atoms with van der Waals surface area (Å²) in [5.74, 6) is -0.279. The van der Waals surface area contributed by atoms with Gasteiger partial charge < -0.3 is 4.74 Å². The molecule has 0 atom stereocenters. The Morgan fingerprint density at radius 1 is 1.64 bits per heavy atom. The number of hydrogen-bond acceptors (Lipinski definition) is 2. The van der Waals surface area contributed by atoms with E-state index < -0.39 is 0 Å². The van der Waals surface area contributed by atoms with Crippen LogP contribution in [0.4, 0.5) is 0 Å². The molecule has 0 saturated carbocycles. The SMILES string of the molecule is C=CC(=C)/C=C/COC(C)=O. The minimum Gasteiger partial charge on any atom is -0.462 e. The summed E-state index contributed by atoms with van der Waals surface area (Å²) in [6.45, 7) is 8.83. The molecular formula is C9H12O2. The third-order valence-corrected chi connectivity index (χ3v) is 0.977. The molecule has 0 aliphatic heterocycles. The van der Waals surface area contributed by atoms with E-state index in [0.29, 0.717) is 6.61 Å². The second-order valence-electron chi connectivity index (χ2n) is 1.98. The predicted molar refractivity (Wildman–Crippen MR) is 45.1 cm³/mol. The zero-order valence-electron chi connectivity index (χ0n) is 6.67. The van der Waals surface area contributed by atoms with Crippen molar-refractivity contribution in [3.63, 3.8) is 0 Å². The molecule has 0 heterocycles. The van der Waals surface area contributed by atoms with Gasteiger partial charge in [-0.25, -0.2) is 0 Å². The number of rotatable bonds is 4. The summed E-state index contributed by atoms with van der Waals surface area (Å²) < 4.78 is 4.64. The fourth-order valence-corrected chi connectivity index (χ4v) is 0.433. The average Bonchev–Trinajstić information content (AvgIpc) is 1.97. The Morgan fingerprint density at radius 2 is 2.27 bits per heavy atom. The number of hydrogen-bond donors (Lipinski definition) is 0. The molecular weight excluding hydrogens is 140 g/mol. The van der Waals surface area contributed by atoms with E-state index in [9.17, 15) is 4.79 Å². The molecule has 0 aromatic carbocycles. The maximum Gasteiger partial charge on any atom is 0.302 e. The van der Waals surface area contributed by atoms with Gasteiger partial charge in [0.15, 0.2) is 0 Å². The van der Waals surface area contributed by atoms with Crippen LogP contribution in [0.2, 0.25) is 0 Å². The zero-order chi connectivity index (χ0) is 8.69. The average molecular weight is 152 g/mol. The third kappa shape index (κ3) is 6.58. The Morgan fingerprint density at radius 3 is 2.73 bits per heavy atom. The standard InChI is InChI=1S/C9H12O2/c1-4-8(2)6-5-7-11-9(3)10/h4-6H,1-2,7H2,3H3/b6-5+. The molecule has 11 heavy (non-hydrogen) atoms. The highest BCUT2D eigenvalue weighted by atomic mass is 16.5. The molecule has 0 rings (SSSR count). The topological polar surface area (TPSA) is 26.3 Å². The van der Waals surface area contributed by atoms with Gasteiger partial charge >= 0.3 is 5.97 Å². The summed E-state index contributed by atoms with van der Waals surface area (Å²) >= 11 is 0. The van der Waals surface area contributed by atoms with Crippen LogP contribution in [0.25, 0.3) is 0 Å². The van der Waals surface area contributed by atoms with Gasteiger partial charge in [0.25, 0.3) is 0 Å². The van der Waals surface area contributed by atoms with Crippen molar-refractivity contribution in [3.8, 4) is 0 Å². The number of allylic oxidation sites excluding steroid dienone is 3. The maximum atomic E-state index is 10.3. The van der Waals surface area contributed by atoms with Gasteiger partial charge in [0, 0.05) is 6.92 Å². The highest BCUT2D eigenvalue weighted by Gasteiger charge is 1.86. The molecule has 0 aliphatic rings. The van der Waals surface area contributed by atoms with Crippen LogP contribution in [0.5, 0.6) is 0 Å². The van der Waals surface area contributed by atoms with E-state index in [1.165, 1.54) is 6.92 Å². The van der Waals surface area contributed by atoms with Gasteiger partial charge in [-0.15, -0.1) is 0 Å². The molecule has 0 N–H and O–H groups in total. The lowest BCUT2D eigenvalue weighted by Gasteiger charge is -1.93. The van der Waals surface area contributed by atoms with Crippen LogP contribution in [0, 0.1) is 0 Å². The lowest BCUT2D eigenvalue weighted by molar-refractivity contribution is -0.139. The summed E-state index contributed by atoms with van der Waals surface area (Å²) in [5.41, 5.74) is 0.803. The van der Waals surface area contributed by atoms with Crippen LogP contribution in [-0.2, 0) is 9.53 Å². The highest BCUT2D eigenvalue weighted by Crippen LogP contribution is 1.92. The first-order chi connectivity index (χ1) is 5.16. The molecule has 0 unspecified atom stereocenters. The molecule has 0 bridgehead atoms. The quantitative estimate of drug-likeness (QED) is 0.454. The fourth-order valence-electron chi connectivity index (χ4n) is 0.433. The van der Waals surface area contributed by atoms with Crippen molar-refractivity contribution in [2.45, 2.75) is 6.92 Å². The Balaban J connectivity index is 3.52. The van der Waals surface area contributed by atoms with Gasteiger partial charge in [-0.3, -0.25) is 4.79 Å². The fraction of sp³-hybridized carbons (Fsp3) is 0.222. The Hall–Kier alpha value is -1.31. The van der Waals surface area contributed by atoms with Crippen molar-refractivity contribution >= 4 is 5.97 Å². The van der Waals surface area contributed by atoms with E-state index in [4.69, 9.17) is 0 Å². The molecule has 0 aromatic heterocycles. The van der Waals surface area contributed by atoms with Crippen molar-refractivity contribution in [3.05, 3.63) is 37.0 Å². The molecule has 0 saturated heterocycles. The normalized spacial score (nSPS) is 9.55. The summed E-state index contributed by atoms with van der Waals surface area (Å²) in [7, 11) is 0. The van der Waals surface area contributed by atoms with Gasteiger partial charge in [-0.1, -0.05) is 25.3 Å². The third-order valence-electron chi connectivity index (χ3n) is 0.977. The van der Waals surface area contributed by atoms with Crippen molar-refractivity contribution in [1.82, 2.24) is 0 Å². The second-order valence-corrected chi connectivity index (χ2v) is 1.98. The lowest BCUT2D eigenvalue weighted by atomic mass is 10.3. The van der Waals surface area contributed by atoms with E-state index in [0.717, 1.165) is 5.57 Å². The highest BCUT2D eigenvalue weighted by molar-refractivity contribution is 5.66. The van der Waals surface area contributed by atoms with Crippen LogP contribution < -0.4 is 0 Å². The molecule has 0 aromatic rings. The Kier molecular flexibility index (Phi) is 4.82. The Bertz CT molecular complexity index is 190. The van der Waals surface area contributed by atoms with E-state index in [-0.39, 0.29) is 5.97 Å². The first-order valence-electron chi connectivity index (χ1n) is 3.28. The molecule has 2 heteroatoms. The first-order valence-corrected chi connectivity index (χ1v) is 3.28. The first kappa shape index (κ1) is 9.69. The van der Waals surface area contributed by atoms with Crippen LogP contribution in [0.15, 0.2) is 37.0 Å². The van der Waals surface area contributed by atoms with Gasteiger partial charge in [-0.05, 0) is 11.6 Å². The van der Waals surface area contributed by atoms with E-state index >= 15 is 0 Å². The summed E-state index contributed by atoms with van der Waals surface area (Å²) in [5, 5.41) is 0. The molecule has 0 spiro atoms. The molecule has 0 aliphatic carbocycles. The summed E-state index contributed by atoms with van der Waals surface area (Å²) in [6, 6.07) is 0. The van der Waals surface area contributed by atoms with Gasteiger partial charge in [0.1, 0.15) is 6.61 Å². The number of ether oxygens (including phenoxy) is 1. The smallest absolute Gasteiger partial charge is 0.302 e. The molecule has 60 valence electrons. The minimum absolute atomic E-state index is 0.279. The molecule has 0 fully saturated rings. The van der Waals surface area contributed by atoms with Gasteiger partial charge in [0.05, 0.1) is 0 Å². The van der Waals surface area contributed by atoms with Crippen LogP contribution in [-0.4, -0.2) is 12.6 Å². The predicted octanol–water partition coefficient (Wildman–Crippen LogP) is 1.85.